The molecular weight excluding hydrogens is 208 g/mol. The van der Waals surface area contributed by atoms with E-state index in [2.05, 4.69) is 13.8 Å². The second-order valence-electron chi connectivity index (χ2n) is 3.13. The van der Waals surface area contributed by atoms with Crippen molar-refractivity contribution in [3.8, 4) is 11.5 Å². The molecule has 1 aromatic rings. The van der Waals surface area contributed by atoms with E-state index in [9.17, 15) is 4.79 Å². The molecule has 0 saturated carbocycles. The van der Waals surface area contributed by atoms with E-state index in [1.807, 2.05) is 0 Å². The smallest absolute Gasteiger partial charge is 0.338 e. The molecule has 16 heavy (non-hydrogen) atoms. The molecule has 0 unspecified atom stereocenters. The Labute approximate surface area is 95.5 Å². The Morgan fingerprint density at radius 2 is 1.75 bits per heavy atom. The monoisotopic (exact) mass is 226 g/mol. The zero-order valence-corrected chi connectivity index (χ0v) is 9.86. The van der Waals surface area contributed by atoms with Gasteiger partial charge in [-0.3, -0.25) is 0 Å². The van der Waals surface area contributed by atoms with E-state index in [-0.39, 0.29) is 23.7 Å². The van der Waals surface area contributed by atoms with Crippen molar-refractivity contribution in [1.29, 1.82) is 0 Å². The fourth-order valence-corrected chi connectivity index (χ4v) is 0.865. The number of hydrogen-bond acceptors (Lipinski definition) is 4. The van der Waals surface area contributed by atoms with Gasteiger partial charge < -0.3 is 14.9 Å². The second kappa shape index (κ2) is 7.56. The third-order valence-electron chi connectivity index (χ3n) is 1.49. The van der Waals surface area contributed by atoms with Gasteiger partial charge >= 0.3 is 5.97 Å². The molecular formula is C12H18O4. The topological polar surface area (TPSA) is 66.8 Å². The van der Waals surface area contributed by atoms with Crippen LogP contribution in [-0.4, -0.2) is 22.8 Å². The van der Waals surface area contributed by atoms with Crippen LogP contribution in [0.4, 0.5) is 0 Å². The van der Waals surface area contributed by atoms with Crippen LogP contribution in [0.2, 0.25) is 0 Å². The summed E-state index contributed by atoms with van der Waals surface area (Å²) in [6.07, 6.45) is 1.25. The average molecular weight is 226 g/mol. The molecule has 0 aliphatic rings. The average Bonchev–Trinajstić information content (AvgIpc) is 2.23. The summed E-state index contributed by atoms with van der Waals surface area (Å²) in [4.78, 5) is 11.1. The van der Waals surface area contributed by atoms with Crippen molar-refractivity contribution in [3.05, 3.63) is 23.8 Å². The number of rotatable bonds is 2. The molecule has 4 heteroatoms. The summed E-state index contributed by atoms with van der Waals surface area (Å²) < 4.78 is 4.69. The van der Waals surface area contributed by atoms with Crippen molar-refractivity contribution in [1.82, 2.24) is 0 Å². The number of phenolic OH excluding ortho intramolecular Hbond substituents is 2. The van der Waals surface area contributed by atoms with Gasteiger partial charge in [-0.1, -0.05) is 20.3 Å². The highest BCUT2D eigenvalue weighted by atomic mass is 16.5. The molecule has 0 saturated heterocycles. The molecule has 1 aromatic carbocycles. The van der Waals surface area contributed by atoms with E-state index < -0.39 is 5.97 Å². The summed E-state index contributed by atoms with van der Waals surface area (Å²) in [5.41, 5.74) is 0.220. The Morgan fingerprint density at radius 3 is 2.19 bits per heavy atom. The summed E-state index contributed by atoms with van der Waals surface area (Å²) in [5, 5.41) is 18.0. The van der Waals surface area contributed by atoms with Gasteiger partial charge in [-0.05, 0) is 25.1 Å². The summed E-state index contributed by atoms with van der Waals surface area (Å²) >= 11 is 0. The molecule has 0 aromatic heterocycles. The minimum Gasteiger partial charge on any atom is -0.504 e. The summed E-state index contributed by atoms with van der Waals surface area (Å²) in [6.45, 7) is 6.22. The molecule has 2 N–H and O–H groups in total. The van der Waals surface area contributed by atoms with Crippen LogP contribution in [0, 0.1) is 0 Å². The number of esters is 1. The van der Waals surface area contributed by atoms with E-state index in [0.717, 1.165) is 6.07 Å². The van der Waals surface area contributed by atoms with Gasteiger partial charge in [0.1, 0.15) is 0 Å². The summed E-state index contributed by atoms with van der Waals surface area (Å²) in [5.74, 6) is -1.10. The van der Waals surface area contributed by atoms with Gasteiger partial charge in [-0.2, -0.15) is 0 Å². The van der Waals surface area contributed by atoms with E-state index in [0.29, 0.717) is 0 Å². The normalized spacial score (nSPS) is 8.94. The van der Waals surface area contributed by atoms with Crippen LogP contribution >= 0.6 is 0 Å². The molecule has 0 fully saturated rings. The van der Waals surface area contributed by atoms with Crippen molar-refractivity contribution < 1.29 is 19.7 Å². The van der Waals surface area contributed by atoms with Gasteiger partial charge in [0.05, 0.1) is 12.2 Å². The summed E-state index contributed by atoms with van der Waals surface area (Å²) in [6, 6.07) is 3.78. The molecule has 0 heterocycles. The number of aromatic hydroxyl groups is 2. The maximum atomic E-state index is 11.1. The molecule has 0 spiro atoms. The summed E-state index contributed by atoms with van der Waals surface area (Å²) in [7, 11) is 0. The third-order valence-corrected chi connectivity index (χ3v) is 1.49. The maximum absolute atomic E-state index is 11.1. The van der Waals surface area contributed by atoms with Gasteiger partial charge in [0.15, 0.2) is 11.5 Å². The van der Waals surface area contributed by atoms with Crippen molar-refractivity contribution >= 4 is 5.97 Å². The van der Waals surface area contributed by atoms with Gasteiger partial charge in [0.2, 0.25) is 0 Å². The quantitative estimate of drug-likeness (QED) is 0.601. The number of ether oxygens (including phenoxy) is 1. The van der Waals surface area contributed by atoms with Crippen LogP contribution in [0.1, 0.15) is 37.6 Å². The fraction of sp³-hybridized carbons (Fsp3) is 0.417. The molecule has 0 bridgehead atoms. The zero-order chi connectivity index (χ0) is 12.6. The lowest BCUT2D eigenvalue weighted by atomic mass is 10.2. The minimum absolute atomic E-state index is 0.220. The largest absolute Gasteiger partial charge is 0.504 e. The first-order chi connectivity index (χ1) is 7.56. The Kier molecular flexibility index (Phi) is 6.76. The number of carbonyl (C=O) groups is 1. The van der Waals surface area contributed by atoms with E-state index in [1.165, 1.54) is 18.6 Å². The Hall–Kier alpha value is -1.71. The first kappa shape index (κ1) is 14.3. The molecule has 0 amide bonds. The highest BCUT2D eigenvalue weighted by molar-refractivity contribution is 5.90. The van der Waals surface area contributed by atoms with Crippen LogP contribution in [-0.2, 0) is 4.74 Å². The van der Waals surface area contributed by atoms with Gasteiger partial charge in [0, 0.05) is 0 Å². The lowest BCUT2D eigenvalue weighted by molar-refractivity contribution is 0.0526. The SMILES string of the molecule is CCC.CCOC(=O)c1ccc(O)c(O)c1. The predicted octanol–water partition coefficient (Wildman–Crippen LogP) is 2.69. The van der Waals surface area contributed by atoms with Crippen LogP contribution in [0.25, 0.3) is 0 Å². The van der Waals surface area contributed by atoms with E-state index >= 15 is 0 Å². The molecule has 4 nitrogen and oxygen atoms in total. The molecule has 0 aliphatic carbocycles. The van der Waals surface area contributed by atoms with Gasteiger partial charge in [-0.25, -0.2) is 4.79 Å². The Bertz CT molecular complexity index is 334. The predicted molar refractivity (Wildman–Crippen MR) is 61.7 cm³/mol. The third kappa shape index (κ3) is 4.68. The van der Waals surface area contributed by atoms with Crippen molar-refractivity contribution in [2.75, 3.05) is 6.61 Å². The lowest BCUT2D eigenvalue weighted by Crippen LogP contribution is -2.03. The number of benzene rings is 1. The van der Waals surface area contributed by atoms with Crippen LogP contribution in [0.15, 0.2) is 18.2 Å². The first-order valence-corrected chi connectivity index (χ1v) is 5.25. The van der Waals surface area contributed by atoms with Crippen molar-refractivity contribution in [3.63, 3.8) is 0 Å². The van der Waals surface area contributed by atoms with Gasteiger partial charge in [-0.15, -0.1) is 0 Å². The molecule has 0 radical (unpaired) electrons. The first-order valence-electron chi connectivity index (χ1n) is 5.25. The standard InChI is InChI=1S/C9H10O4.C3H8/c1-2-13-9(12)6-3-4-7(10)8(11)5-6;1-3-2/h3-5,10-11H,2H2,1H3;3H2,1-2H3. The Balaban J connectivity index is 0.000000673. The van der Waals surface area contributed by atoms with E-state index in [1.54, 1.807) is 6.92 Å². The lowest BCUT2D eigenvalue weighted by Gasteiger charge is -2.02. The van der Waals surface area contributed by atoms with Crippen LogP contribution in [0.3, 0.4) is 0 Å². The number of phenols is 2. The minimum atomic E-state index is -0.516. The molecule has 0 aliphatic heterocycles. The van der Waals surface area contributed by atoms with E-state index in [4.69, 9.17) is 14.9 Å². The van der Waals surface area contributed by atoms with Crippen LogP contribution < -0.4 is 0 Å². The number of hydrogen-bond donors (Lipinski definition) is 2. The number of carbonyl (C=O) groups excluding carboxylic acids is 1. The highest BCUT2D eigenvalue weighted by Crippen LogP contribution is 2.24. The van der Waals surface area contributed by atoms with Crippen LogP contribution in [0.5, 0.6) is 11.5 Å². The zero-order valence-electron chi connectivity index (χ0n) is 9.86. The van der Waals surface area contributed by atoms with Crippen molar-refractivity contribution in [2.24, 2.45) is 0 Å². The maximum Gasteiger partial charge on any atom is 0.338 e. The Morgan fingerprint density at radius 1 is 1.19 bits per heavy atom. The van der Waals surface area contributed by atoms with Crippen molar-refractivity contribution in [2.45, 2.75) is 27.2 Å². The highest BCUT2D eigenvalue weighted by Gasteiger charge is 2.08. The fourth-order valence-electron chi connectivity index (χ4n) is 0.865. The second-order valence-corrected chi connectivity index (χ2v) is 3.13. The molecule has 0 atom stereocenters. The molecule has 90 valence electrons. The van der Waals surface area contributed by atoms with Gasteiger partial charge in [0.25, 0.3) is 0 Å². The molecule has 1 rings (SSSR count).